The molecule has 0 aliphatic rings. The van der Waals surface area contributed by atoms with Gasteiger partial charge in [0.1, 0.15) is 5.82 Å². The highest BCUT2D eigenvalue weighted by Crippen LogP contribution is 2.06. The minimum atomic E-state index is -0.124. The molecule has 0 aliphatic carbocycles. The van der Waals surface area contributed by atoms with E-state index in [2.05, 4.69) is 22.1 Å². The molecule has 4 heteroatoms. The van der Waals surface area contributed by atoms with Crippen LogP contribution in [0.1, 0.15) is 29.1 Å². The zero-order chi connectivity index (χ0) is 14.4. The summed E-state index contributed by atoms with van der Waals surface area (Å²) in [5.74, 6) is 0.727. The molecule has 0 unspecified atom stereocenters. The molecule has 0 bridgehead atoms. The summed E-state index contributed by atoms with van der Waals surface area (Å²) >= 11 is 0. The van der Waals surface area contributed by atoms with E-state index < -0.39 is 0 Å². The number of aliphatic hydroxyl groups is 1. The average Bonchev–Trinajstić information content (AvgIpc) is 2.44. The molecular weight excluding hydrogens is 252 g/mol. The van der Waals surface area contributed by atoms with E-state index in [0.717, 1.165) is 30.8 Å². The van der Waals surface area contributed by atoms with Crippen molar-refractivity contribution in [3.63, 3.8) is 0 Å². The quantitative estimate of drug-likeness (QED) is 0.842. The zero-order valence-electron chi connectivity index (χ0n) is 11.7. The van der Waals surface area contributed by atoms with E-state index in [1.165, 1.54) is 5.56 Å². The first-order chi connectivity index (χ1) is 9.70. The van der Waals surface area contributed by atoms with E-state index in [1.54, 1.807) is 0 Å². The van der Waals surface area contributed by atoms with E-state index in [9.17, 15) is 4.79 Å². The van der Waals surface area contributed by atoms with Gasteiger partial charge in [-0.05, 0) is 25.3 Å². The summed E-state index contributed by atoms with van der Waals surface area (Å²) in [7, 11) is 0. The smallest absolute Gasteiger partial charge is 0.254 e. The molecule has 1 aromatic carbocycles. The number of benzene rings is 1. The Hall–Kier alpha value is -1.94. The third-order valence-electron chi connectivity index (χ3n) is 3.35. The lowest BCUT2D eigenvalue weighted by Crippen LogP contribution is -2.20. The van der Waals surface area contributed by atoms with Gasteiger partial charge in [-0.1, -0.05) is 30.3 Å². The molecule has 1 heterocycles. The van der Waals surface area contributed by atoms with Crippen LogP contribution >= 0.6 is 0 Å². The fourth-order valence-corrected chi connectivity index (χ4v) is 2.30. The average molecular weight is 272 g/mol. The lowest BCUT2D eigenvalue weighted by molar-refractivity contribution is 0.298. The highest BCUT2D eigenvalue weighted by molar-refractivity contribution is 5.17. The molecule has 2 aromatic rings. The Balaban J connectivity index is 1.98. The third kappa shape index (κ3) is 3.78. The van der Waals surface area contributed by atoms with Crippen molar-refractivity contribution in [3.8, 4) is 0 Å². The van der Waals surface area contributed by atoms with E-state index >= 15 is 0 Å². The minimum absolute atomic E-state index is 0.0288. The molecule has 0 fully saturated rings. The number of aromatic amines is 1. The van der Waals surface area contributed by atoms with Crippen LogP contribution in [0.3, 0.4) is 0 Å². The molecule has 0 saturated carbocycles. The van der Waals surface area contributed by atoms with Gasteiger partial charge in [0.05, 0.1) is 0 Å². The topological polar surface area (TPSA) is 66.0 Å². The Morgan fingerprint density at radius 1 is 1.15 bits per heavy atom. The predicted octanol–water partition coefficient (Wildman–Crippen LogP) is 1.79. The first-order valence-corrected chi connectivity index (χ1v) is 6.94. The second-order valence-electron chi connectivity index (χ2n) is 4.89. The predicted molar refractivity (Wildman–Crippen MR) is 78.9 cm³/mol. The van der Waals surface area contributed by atoms with Crippen molar-refractivity contribution in [1.29, 1.82) is 0 Å². The van der Waals surface area contributed by atoms with Crippen molar-refractivity contribution in [3.05, 3.63) is 63.3 Å². The van der Waals surface area contributed by atoms with Crippen LogP contribution in [-0.4, -0.2) is 21.7 Å². The number of rotatable bonds is 6. The summed E-state index contributed by atoms with van der Waals surface area (Å²) < 4.78 is 0. The largest absolute Gasteiger partial charge is 0.396 e. The zero-order valence-corrected chi connectivity index (χ0v) is 11.7. The second kappa shape index (κ2) is 7.01. The molecule has 0 spiro atoms. The van der Waals surface area contributed by atoms with Gasteiger partial charge in [0.2, 0.25) is 0 Å². The molecular formula is C16H20N2O2. The van der Waals surface area contributed by atoms with Crippen LogP contribution in [0, 0.1) is 6.92 Å². The molecule has 0 saturated heterocycles. The molecule has 20 heavy (non-hydrogen) atoms. The van der Waals surface area contributed by atoms with Gasteiger partial charge >= 0.3 is 0 Å². The molecule has 0 radical (unpaired) electrons. The number of H-pyrrole nitrogens is 1. The molecule has 0 amide bonds. The fraction of sp³-hybridized carbons (Fsp3) is 0.375. The summed E-state index contributed by atoms with van der Waals surface area (Å²) in [5, 5.41) is 8.92. The number of hydrogen-bond donors (Lipinski definition) is 2. The van der Waals surface area contributed by atoms with Gasteiger partial charge < -0.3 is 10.1 Å². The molecule has 0 aliphatic heterocycles. The van der Waals surface area contributed by atoms with Gasteiger partial charge in [-0.3, -0.25) is 4.79 Å². The van der Waals surface area contributed by atoms with Crippen LogP contribution in [0.2, 0.25) is 0 Å². The van der Waals surface area contributed by atoms with Crippen molar-refractivity contribution >= 4 is 0 Å². The van der Waals surface area contributed by atoms with Crippen LogP contribution in [0.15, 0.2) is 35.1 Å². The Labute approximate surface area is 118 Å². The summed E-state index contributed by atoms with van der Waals surface area (Å²) in [4.78, 5) is 19.1. The van der Waals surface area contributed by atoms with Crippen molar-refractivity contribution in [2.24, 2.45) is 0 Å². The normalized spacial score (nSPS) is 10.7. The monoisotopic (exact) mass is 272 g/mol. The fourth-order valence-electron chi connectivity index (χ4n) is 2.30. The van der Waals surface area contributed by atoms with Gasteiger partial charge in [-0.2, -0.15) is 0 Å². The van der Waals surface area contributed by atoms with Crippen molar-refractivity contribution in [1.82, 2.24) is 9.97 Å². The molecule has 106 valence electrons. The Morgan fingerprint density at radius 2 is 1.90 bits per heavy atom. The number of nitrogens with one attached hydrogen (secondary N) is 1. The highest BCUT2D eigenvalue weighted by Gasteiger charge is 2.07. The van der Waals surface area contributed by atoms with Crippen molar-refractivity contribution in [2.45, 2.75) is 32.6 Å². The number of aromatic nitrogens is 2. The Morgan fingerprint density at radius 3 is 2.55 bits per heavy atom. The first-order valence-electron chi connectivity index (χ1n) is 6.94. The SMILES string of the molecule is Cc1nc(CCCc2ccccc2)[nH]c(=O)c1CCO. The van der Waals surface area contributed by atoms with E-state index in [0.29, 0.717) is 12.0 Å². The van der Waals surface area contributed by atoms with Gasteiger partial charge in [0, 0.05) is 30.7 Å². The van der Waals surface area contributed by atoms with Gasteiger partial charge in [-0.25, -0.2) is 4.98 Å². The van der Waals surface area contributed by atoms with Gasteiger partial charge in [0.25, 0.3) is 5.56 Å². The Bertz CT molecular complexity index is 606. The molecule has 2 rings (SSSR count). The van der Waals surface area contributed by atoms with E-state index in [4.69, 9.17) is 5.11 Å². The number of aryl methyl sites for hydroxylation is 3. The molecule has 1 aromatic heterocycles. The van der Waals surface area contributed by atoms with Crippen LogP contribution in [0.4, 0.5) is 0 Å². The first kappa shape index (κ1) is 14.5. The maximum atomic E-state index is 11.9. The van der Waals surface area contributed by atoms with Crippen LogP contribution in [-0.2, 0) is 19.3 Å². The summed E-state index contributed by atoms with van der Waals surface area (Å²) in [6, 6.07) is 10.3. The summed E-state index contributed by atoms with van der Waals surface area (Å²) in [6.45, 7) is 1.79. The van der Waals surface area contributed by atoms with Crippen LogP contribution < -0.4 is 5.56 Å². The van der Waals surface area contributed by atoms with Crippen molar-refractivity contribution in [2.75, 3.05) is 6.61 Å². The van der Waals surface area contributed by atoms with Gasteiger partial charge in [-0.15, -0.1) is 0 Å². The lowest BCUT2D eigenvalue weighted by Gasteiger charge is -2.06. The summed E-state index contributed by atoms with van der Waals surface area (Å²) in [5.41, 5.74) is 2.47. The number of aliphatic hydroxyl groups excluding tert-OH is 1. The molecule has 0 atom stereocenters. The second-order valence-corrected chi connectivity index (χ2v) is 4.89. The number of nitrogens with zero attached hydrogens (tertiary/aromatic N) is 1. The summed E-state index contributed by atoms with van der Waals surface area (Å²) in [6.07, 6.45) is 3.04. The lowest BCUT2D eigenvalue weighted by atomic mass is 10.1. The maximum absolute atomic E-state index is 11.9. The maximum Gasteiger partial charge on any atom is 0.254 e. The van der Waals surface area contributed by atoms with E-state index in [-0.39, 0.29) is 12.2 Å². The number of hydrogen-bond acceptors (Lipinski definition) is 3. The minimum Gasteiger partial charge on any atom is -0.396 e. The van der Waals surface area contributed by atoms with Crippen LogP contribution in [0.25, 0.3) is 0 Å². The third-order valence-corrected chi connectivity index (χ3v) is 3.35. The van der Waals surface area contributed by atoms with Gasteiger partial charge in [0.15, 0.2) is 0 Å². The molecule has 2 N–H and O–H groups in total. The van der Waals surface area contributed by atoms with Crippen LogP contribution in [0.5, 0.6) is 0 Å². The standard InChI is InChI=1S/C16H20N2O2/c1-12-14(10-11-19)16(20)18-15(17-12)9-5-8-13-6-3-2-4-7-13/h2-4,6-7,19H,5,8-11H2,1H3,(H,17,18,20). The Kier molecular flexibility index (Phi) is 5.07. The van der Waals surface area contributed by atoms with E-state index in [1.807, 2.05) is 25.1 Å². The van der Waals surface area contributed by atoms with Crippen molar-refractivity contribution < 1.29 is 5.11 Å². The highest BCUT2D eigenvalue weighted by atomic mass is 16.3. The molecule has 4 nitrogen and oxygen atoms in total.